The second-order valence-electron chi connectivity index (χ2n) is 6.25. The molecule has 7 nitrogen and oxygen atoms in total. The summed E-state index contributed by atoms with van der Waals surface area (Å²) in [5.41, 5.74) is 1.16. The van der Waals surface area contributed by atoms with E-state index in [1.165, 1.54) is 0 Å². The number of amides is 1. The zero-order valence-corrected chi connectivity index (χ0v) is 14.9. The zero-order chi connectivity index (χ0) is 17.9. The summed E-state index contributed by atoms with van der Waals surface area (Å²) in [6, 6.07) is 7.09. The fourth-order valence-electron chi connectivity index (χ4n) is 3.06. The molecule has 1 saturated carbocycles. The van der Waals surface area contributed by atoms with Crippen LogP contribution in [0.25, 0.3) is 11.4 Å². The van der Waals surface area contributed by atoms with E-state index in [1.807, 2.05) is 0 Å². The van der Waals surface area contributed by atoms with Crippen molar-refractivity contribution in [2.45, 2.75) is 44.3 Å². The number of benzene rings is 1. The van der Waals surface area contributed by atoms with E-state index in [9.17, 15) is 13.2 Å². The third kappa shape index (κ3) is 4.25. The molecule has 0 aliphatic heterocycles. The van der Waals surface area contributed by atoms with Gasteiger partial charge in [-0.15, -0.1) is 0 Å². The summed E-state index contributed by atoms with van der Waals surface area (Å²) in [5, 5.41) is 6.33. The monoisotopic (exact) mass is 363 g/mol. The lowest BCUT2D eigenvalue weighted by atomic mass is 10.1. The first-order valence-electron chi connectivity index (χ1n) is 8.37. The summed E-state index contributed by atoms with van der Waals surface area (Å²) < 4.78 is 29.5. The van der Waals surface area contributed by atoms with Crippen LogP contribution in [0, 0.1) is 6.92 Å². The number of aromatic nitrogens is 2. The van der Waals surface area contributed by atoms with E-state index >= 15 is 0 Å². The third-order valence-electron chi connectivity index (χ3n) is 4.39. The molecule has 1 aliphatic rings. The molecule has 2 aromatic rings. The van der Waals surface area contributed by atoms with Gasteiger partial charge in [-0.25, -0.2) is 8.42 Å². The largest absolute Gasteiger partial charge is 0.339 e. The molecule has 0 unspecified atom stereocenters. The van der Waals surface area contributed by atoms with Crippen molar-refractivity contribution in [3.8, 4) is 11.4 Å². The predicted molar refractivity (Wildman–Crippen MR) is 93.8 cm³/mol. The Balaban J connectivity index is 1.65. The van der Waals surface area contributed by atoms with E-state index < -0.39 is 9.84 Å². The topological polar surface area (TPSA) is 102 Å². The van der Waals surface area contributed by atoms with Gasteiger partial charge in [-0.05, 0) is 25.0 Å². The second-order valence-corrected chi connectivity index (χ2v) is 8.65. The Morgan fingerprint density at radius 2 is 2.00 bits per heavy atom. The molecule has 0 radical (unpaired) electrons. The fourth-order valence-corrected chi connectivity index (χ4v) is 4.91. The van der Waals surface area contributed by atoms with Gasteiger partial charge in [0.05, 0.1) is 16.7 Å². The molecular weight excluding hydrogens is 342 g/mol. The van der Waals surface area contributed by atoms with Gasteiger partial charge in [0.15, 0.2) is 9.84 Å². The van der Waals surface area contributed by atoms with Crippen molar-refractivity contribution in [2.24, 2.45) is 0 Å². The van der Waals surface area contributed by atoms with Crippen LogP contribution in [0.15, 0.2) is 28.8 Å². The quantitative estimate of drug-likeness (QED) is 0.846. The van der Waals surface area contributed by atoms with Gasteiger partial charge in [0.2, 0.25) is 17.6 Å². The summed E-state index contributed by atoms with van der Waals surface area (Å²) >= 11 is 0. The minimum atomic E-state index is -3.21. The molecular formula is C17H21N3O4S. The number of nitrogens with one attached hydrogen (secondary N) is 1. The average Bonchev–Trinajstić information content (AvgIpc) is 3.26. The number of hydrogen-bond donors (Lipinski definition) is 1. The Kier molecular flexibility index (Phi) is 5.17. The molecule has 1 aromatic heterocycles. The number of rotatable bonds is 6. The number of anilines is 1. The van der Waals surface area contributed by atoms with Gasteiger partial charge in [0.1, 0.15) is 0 Å². The molecule has 0 saturated heterocycles. The predicted octanol–water partition coefficient (Wildman–Crippen LogP) is 2.73. The molecule has 1 fully saturated rings. The van der Waals surface area contributed by atoms with Crippen LogP contribution in [0.1, 0.15) is 38.0 Å². The van der Waals surface area contributed by atoms with Crippen molar-refractivity contribution in [2.75, 3.05) is 11.1 Å². The minimum absolute atomic E-state index is 0.0571. The van der Waals surface area contributed by atoms with Crippen LogP contribution in [0.5, 0.6) is 0 Å². The Morgan fingerprint density at radius 3 is 2.68 bits per heavy atom. The number of hydrogen-bond acceptors (Lipinski definition) is 6. The van der Waals surface area contributed by atoms with Gasteiger partial charge in [-0.2, -0.15) is 4.98 Å². The molecule has 1 heterocycles. The molecule has 0 spiro atoms. The molecule has 1 aliphatic carbocycles. The molecule has 1 aromatic carbocycles. The Labute approximate surface area is 146 Å². The Bertz CT molecular complexity index is 854. The van der Waals surface area contributed by atoms with Crippen molar-refractivity contribution >= 4 is 21.4 Å². The molecule has 1 amide bonds. The van der Waals surface area contributed by atoms with Crippen molar-refractivity contribution in [1.29, 1.82) is 0 Å². The SMILES string of the molecule is Cc1nc(-c2ccccc2NC(=O)CCS(=O)(=O)C2CCCC2)no1. The van der Waals surface area contributed by atoms with Crippen LogP contribution < -0.4 is 5.32 Å². The standard InChI is InChI=1S/C17H21N3O4S/c1-12-18-17(20-24-12)14-8-4-5-9-15(14)19-16(21)10-11-25(22,23)13-6-2-3-7-13/h4-5,8-9,13H,2-3,6-7,10-11H2,1H3,(H,19,21). The van der Waals surface area contributed by atoms with Crippen molar-refractivity contribution < 1.29 is 17.7 Å². The van der Waals surface area contributed by atoms with Crippen molar-refractivity contribution in [3.05, 3.63) is 30.2 Å². The minimum Gasteiger partial charge on any atom is -0.339 e. The van der Waals surface area contributed by atoms with Gasteiger partial charge in [0.25, 0.3) is 0 Å². The number of para-hydroxylation sites is 1. The summed E-state index contributed by atoms with van der Waals surface area (Å²) in [5.74, 6) is 0.354. The van der Waals surface area contributed by atoms with Gasteiger partial charge in [-0.3, -0.25) is 4.79 Å². The lowest BCUT2D eigenvalue weighted by Crippen LogP contribution is -2.24. The first kappa shape index (κ1) is 17.6. The maximum Gasteiger partial charge on any atom is 0.225 e. The van der Waals surface area contributed by atoms with Gasteiger partial charge in [0, 0.05) is 18.9 Å². The van der Waals surface area contributed by atoms with E-state index in [0.29, 0.717) is 35.8 Å². The number of carbonyl (C=O) groups is 1. The van der Waals surface area contributed by atoms with E-state index in [1.54, 1.807) is 31.2 Å². The maximum absolute atomic E-state index is 12.3. The summed E-state index contributed by atoms with van der Waals surface area (Å²) in [4.78, 5) is 16.4. The van der Waals surface area contributed by atoms with E-state index in [2.05, 4.69) is 15.5 Å². The lowest BCUT2D eigenvalue weighted by molar-refractivity contribution is -0.115. The lowest BCUT2D eigenvalue weighted by Gasteiger charge is -2.12. The first-order valence-corrected chi connectivity index (χ1v) is 10.1. The number of sulfone groups is 1. The second kappa shape index (κ2) is 7.35. The van der Waals surface area contributed by atoms with Crippen molar-refractivity contribution in [3.63, 3.8) is 0 Å². The van der Waals surface area contributed by atoms with Crippen LogP contribution in [-0.4, -0.2) is 35.5 Å². The number of aryl methyl sites for hydroxylation is 1. The molecule has 8 heteroatoms. The first-order chi connectivity index (χ1) is 12.0. The normalized spacial score (nSPS) is 15.4. The van der Waals surface area contributed by atoms with Crippen LogP contribution in [0.4, 0.5) is 5.69 Å². The van der Waals surface area contributed by atoms with Crippen LogP contribution >= 0.6 is 0 Å². The van der Waals surface area contributed by atoms with Crippen LogP contribution in [0.2, 0.25) is 0 Å². The number of nitrogens with zero attached hydrogens (tertiary/aromatic N) is 2. The Hall–Kier alpha value is -2.22. The molecule has 0 bridgehead atoms. The fraction of sp³-hybridized carbons (Fsp3) is 0.471. The zero-order valence-electron chi connectivity index (χ0n) is 14.1. The van der Waals surface area contributed by atoms with Crippen molar-refractivity contribution in [1.82, 2.24) is 10.1 Å². The Morgan fingerprint density at radius 1 is 1.28 bits per heavy atom. The molecule has 3 rings (SSSR count). The van der Waals surface area contributed by atoms with Crippen LogP contribution in [0.3, 0.4) is 0 Å². The highest BCUT2D eigenvalue weighted by Crippen LogP contribution is 2.27. The van der Waals surface area contributed by atoms with E-state index in [-0.39, 0.29) is 23.3 Å². The van der Waals surface area contributed by atoms with Gasteiger partial charge < -0.3 is 9.84 Å². The smallest absolute Gasteiger partial charge is 0.225 e. The summed E-state index contributed by atoms with van der Waals surface area (Å²) in [7, 11) is -3.21. The number of carbonyl (C=O) groups excluding carboxylic acids is 1. The summed E-state index contributed by atoms with van der Waals surface area (Å²) in [6.45, 7) is 1.69. The van der Waals surface area contributed by atoms with Crippen LogP contribution in [-0.2, 0) is 14.6 Å². The molecule has 1 N–H and O–H groups in total. The highest BCUT2D eigenvalue weighted by atomic mass is 32.2. The van der Waals surface area contributed by atoms with E-state index in [4.69, 9.17) is 4.52 Å². The van der Waals surface area contributed by atoms with E-state index in [0.717, 1.165) is 12.8 Å². The average molecular weight is 363 g/mol. The van der Waals surface area contributed by atoms with Gasteiger partial charge >= 0.3 is 0 Å². The highest BCUT2D eigenvalue weighted by Gasteiger charge is 2.29. The molecule has 134 valence electrons. The maximum atomic E-state index is 12.3. The third-order valence-corrected chi connectivity index (χ3v) is 6.65. The molecule has 25 heavy (non-hydrogen) atoms. The highest BCUT2D eigenvalue weighted by molar-refractivity contribution is 7.92. The molecule has 0 atom stereocenters. The van der Waals surface area contributed by atoms with Gasteiger partial charge in [-0.1, -0.05) is 30.1 Å². The summed E-state index contributed by atoms with van der Waals surface area (Å²) in [6.07, 6.45) is 3.27.